The zero-order chi connectivity index (χ0) is 20.5. The highest BCUT2D eigenvalue weighted by atomic mass is 35.5. The number of thioether (sulfide) groups is 1. The van der Waals surface area contributed by atoms with Gasteiger partial charge in [-0.2, -0.15) is 4.99 Å². The summed E-state index contributed by atoms with van der Waals surface area (Å²) in [6, 6.07) is 4.62. The lowest BCUT2D eigenvalue weighted by molar-refractivity contribution is -0.137. The molecule has 2 atom stereocenters. The van der Waals surface area contributed by atoms with Crippen molar-refractivity contribution in [1.82, 2.24) is 0 Å². The molecule has 2 fully saturated rings. The molecule has 152 valence electrons. The van der Waals surface area contributed by atoms with Crippen LogP contribution in [0.3, 0.4) is 0 Å². The molecule has 0 bridgehead atoms. The van der Waals surface area contributed by atoms with E-state index < -0.39 is 21.7 Å². The van der Waals surface area contributed by atoms with E-state index in [1.807, 2.05) is 0 Å². The SMILES string of the molecule is COc1cc(Cl)ccc1N1C(=NC(=O)CCCC(=O)O)S[C@H]2CS(=O)(=O)C[C@H]21. The van der Waals surface area contributed by atoms with Gasteiger partial charge >= 0.3 is 5.97 Å². The second kappa shape index (κ2) is 8.30. The van der Waals surface area contributed by atoms with E-state index in [-0.39, 0.29) is 42.1 Å². The third-order valence-corrected chi connectivity index (χ3v) is 7.91. The zero-order valence-electron chi connectivity index (χ0n) is 15.0. The first-order valence-electron chi connectivity index (χ1n) is 8.53. The monoisotopic (exact) mass is 446 g/mol. The predicted molar refractivity (Wildman–Crippen MR) is 108 cm³/mol. The number of methoxy groups -OCH3 is 1. The molecule has 1 aromatic carbocycles. The molecule has 0 unspecified atom stereocenters. The molecule has 0 saturated carbocycles. The Hall–Kier alpha value is -1.78. The van der Waals surface area contributed by atoms with E-state index in [2.05, 4.69) is 4.99 Å². The Labute approximate surface area is 171 Å². The van der Waals surface area contributed by atoms with Crippen LogP contribution in [-0.2, 0) is 19.4 Å². The van der Waals surface area contributed by atoms with Gasteiger partial charge in [-0.05, 0) is 18.6 Å². The maximum absolute atomic E-state index is 12.2. The number of carbonyl (C=O) groups is 2. The van der Waals surface area contributed by atoms with Crippen molar-refractivity contribution in [3.63, 3.8) is 0 Å². The van der Waals surface area contributed by atoms with Gasteiger partial charge < -0.3 is 14.7 Å². The molecule has 0 spiro atoms. The lowest BCUT2D eigenvalue weighted by atomic mass is 10.2. The quantitative estimate of drug-likeness (QED) is 0.707. The van der Waals surface area contributed by atoms with Gasteiger partial charge in [0.15, 0.2) is 15.0 Å². The molecule has 8 nitrogen and oxygen atoms in total. The van der Waals surface area contributed by atoms with Crippen molar-refractivity contribution in [1.29, 1.82) is 0 Å². The van der Waals surface area contributed by atoms with E-state index >= 15 is 0 Å². The average Bonchev–Trinajstić information content (AvgIpc) is 3.05. The number of sulfone groups is 1. The normalized spacial score (nSPS) is 24.4. The van der Waals surface area contributed by atoms with E-state index in [9.17, 15) is 18.0 Å². The van der Waals surface area contributed by atoms with Gasteiger partial charge in [-0.3, -0.25) is 9.59 Å². The number of carboxylic acid groups (broad SMARTS) is 1. The smallest absolute Gasteiger partial charge is 0.303 e. The van der Waals surface area contributed by atoms with Crippen molar-refractivity contribution in [3.05, 3.63) is 23.2 Å². The topological polar surface area (TPSA) is 113 Å². The predicted octanol–water partition coefficient (Wildman–Crippen LogP) is 2.20. The van der Waals surface area contributed by atoms with Crippen LogP contribution in [0.5, 0.6) is 5.75 Å². The number of fused-ring (bicyclic) bond motifs is 1. The number of carboxylic acids is 1. The molecule has 1 aromatic rings. The maximum atomic E-state index is 12.2. The Morgan fingerprint density at radius 3 is 2.79 bits per heavy atom. The zero-order valence-corrected chi connectivity index (χ0v) is 17.4. The molecule has 3 rings (SSSR count). The molecule has 0 aromatic heterocycles. The number of benzene rings is 1. The molecule has 11 heteroatoms. The first-order valence-corrected chi connectivity index (χ1v) is 11.6. The van der Waals surface area contributed by atoms with Crippen molar-refractivity contribution in [3.8, 4) is 5.75 Å². The van der Waals surface area contributed by atoms with E-state index in [1.54, 1.807) is 23.1 Å². The Kier molecular flexibility index (Phi) is 6.21. The van der Waals surface area contributed by atoms with Crippen LogP contribution in [0.15, 0.2) is 23.2 Å². The van der Waals surface area contributed by atoms with Crippen LogP contribution in [0.1, 0.15) is 19.3 Å². The minimum Gasteiger partial charge on any atom is -0.495 e. The summed E-state index contributed by atoms with van der Waals surface area (Å²) < 4.78 is 29.6. The number of carbonyl (C=O) groups excluding carboxylic acids is 1. The average molecular weight is 447 g/mol. The van der Waals surface area contributed by atoms with Crippen LogP contribution in [0.2, 0.25) is 5.02 Å². The number of nitrogens with zero attached hydrogens (tertiary/aromatic N) is 2. The molecular weight excluding hydrogens is 428 g/mol. The van der Waals surface area contributed by atoms with E-state index in [0.29, 0.717) is 21.6 Å². The lowest BCUT2D eigenvalue weighted by Crippen LogP contribution is -2.38. The fourth-order valence-electron chi connectivity index (χ4n) is 3.25. The van der Waals surface area contributed by atoms with Crippen molar-refractivity contribution < 1.29 is 27.9 Å². The van der Waals surface area contributed by atoms with Gasteiger partial charge in [-0.1, -0.05) is 23.4 Å². The number of hydrogen-bond donors (Lipinski definition) is 1. The summed E-state index contributed by atoms with van der Waals surface area (Å²) in [5, 5.41) is 9.32. The third-order valence-electron chi connectivity index (χ3n) is 4.47. The van der Waals surface area contributed by atoms with Crippen LogP contribution in [0.4, 0.5) is 5.69 Å². The molecular formula is C17H19ClN2O6S2. The van der Waals surface area contributed by atoms with Gasteiger partial charge in [0.05, 0.1) is 30.3 Å². The molecule has 0 aliphatic carbocycles. The largest absolute Gasteiger partial charge is 0.495 e. The van der Waals surface area contributed by atoms with Crippen LogP contribution in [-0.4, -0.2) is 60.5 Å². The third kappa shape index (κ3) is 4.61. The fraction of sp³-hybridized carbons (Fsp3) is 0.471. The van der Waals surface area contributed by atoms with Gasteiger partial charge in [0.2, 0.25) is 5.91 Å². The van der Waals surface area contributed by atoms with Gasteiger partial charge in [0, 0.05) is 29.2 Å². The Balaban J connectivity index is 1.92. The molecule has 0 radical (unpaired) electrons. The molecule has 2 heterocycles. The highest BCUT2D eigenvalue weighted by Gasteiger charge is 2.50. The lowest BCUT2D eigenvalue weighted by Gasteiger charge is -2.26. The first-order chi connectivity index (χ1) is 13.2. The van der Waals surface area contributed by atoms with Gasteiger partial charge in [-0.15, -0.1) is 0 Å². The summed E-state index contributed by atoms with van der Waals surface area (Å²) in [7, 11) is -1.70. The highest BCUT2D eigenvalue weighted by molar-refractivity contribution is 8.16. The fourth-order valence-corrected chi connectivity index (χ4v) is 7.34. The summed E-state index contributed by atoms with van der Waals surface area (Å²) in [6.07, 6.45) is 0.0959. The van der Waals surface area contributed by atoms with Gasteiger partial charge in [0.25, 0.3) is 0 Å². The molecule has 2 aliphatic rings. The summed E-state index contributed by atoms with van der Waals surface area (Å²) in [5.41, 5.74) is 0.584. The second-order valence-corrected chi connectivity index (χ2v) is 10.3. The molecule has 28 heavy (non-hydrogen) atoms. The molecule has 2 aliphatic heterocycles. The standard InChI is InChI=1S/C17H19ClN2O6S2/c1-26-13-7-10(18)5-6-11(13)20-12-8-28(24,25)9-14(12)27-17(20)19-15(21)3-2-4-16(22)23/h5-7,12,14H,2-4,8-9H2,1H3,(H,22,23)/t12-,14+/m1/s1. The van der Waals surface area contributed by atoms with E-state index in [1.165, 1.54) is 18.9 Å². The number of hydrogen-bond acceptors (Lipinski definition) is 6. The summed E-state index contributed by atoms with van der Waals surface area (Å²) in [4.78, 5) is 28.7. The number of aliphatic imine (C=N–C) groups is 1. The summed E-state index contributed by atoms with van der Waals surface area (Å²) in [5.74, 6) is -0.986. The number of amidine groups is 1. The number of aliphatic carboxylic acids is 1. The van der Waals surface area contributed by atoms with Crippen molar-refractivity contribution in [2.45, 2.75) is 30.6 Å². The van der Waals surface area contributed by atoms with Crippen molar-refractivity contribution in [2.24, 2.45) is 4.99 Å². The number of anilines is 1. The molecule has 1 amide bonds. The van der Waals surface area contributed by atoms with Crippen LogP contribution in [0.25, 0.3) is 0 Å². The van der Waals surface area contributed by atoms with Crippen LogP contribution >= 0.6 is 23.4 Å². The Morgan fingerprint density at radius 1 is 1.36 bits per heavy atom. The number of rotatable bonds is 6. The summed E-state index contributed by atoms with van der Waals surface area (Å²) in [6.45, 7) is 0. The van der Waals surface area contributed by atoms with Crippen LogP contribution < -0.4 is 9.64 Å². The van der Waals surface area contributed by atoms with Gasteiger partial charge in [0.1, 0.15) is 5.75 Å². The molecule has 1 N–H and O–H groups in total. The van der Waals surface area contributed by atoms with Crippen LogP contribution in [0, 0.1) is 0 Å². The Morgan fingerprint density at radius 2 is 2.11 bits per heavy atom. The van der Waals surface area contributed by atoms with Crippen molar-refractivity contribution >= 4 is 55.9 Å². The Bertz CT molecular complexity index is 934. The number of halogens is 1. The second-order valence-electron chi connectivity index (χ2n) is 6.52. The van der Waals surface area contributed by atoms with E-state index in [4.69, 9.17) is 21.4 Å². The maximum Gasteiger partial charge on any atom is 0.303 e. The first kappa shape index (κ1) is 20.9. The van der Waals surface area contributed by atoms with Gasteiger partial charge in [-0.25, -0.2) is 8.42 Å². The minimum absolute atomic E-state index is 0.00951. The van der Waals surface area contributed by atoms with Crippen molar-refractivity contribution in [2.75, 3.05) is 23.5 Å². The number of ether oxygens (including phenoxy) is 1. The highest BCUT2D eigenvalue weighted by Crippen LogP contribution is 2.44. The minimum atomic E-state index is -3.18. The number of amides is 1. The van der Waals surface area contributed by atoms with E-state index in [0.717, 1.165) is 0 Å². The summed E-state index contributed by atoms with van der Waals surface area (Å²) >= 11 is 7.28. The molecule has 2 saturated heterocycles.